The van der Waals surface area contributed by atoms with Crippen molar-refractivity contribution in [3.63, 3.8) is 0 Å². The number of hydrogen-bond acceptors (Lipinski definition) is 16. The highest BCUT2D eigenvalue weighted by Gasteiger charge is 2.30. The number of rotatable bonds is 12. The molecule has 2 fully saturated rings. The van der Waals surface area contributed by atoms with Crippen LogP contribution in [0.15, 0.2) is 60.5 Å². The minimum Gasteiger partial charge on any atom is -0.377 e. The number of carbonyl (C=O) groups excluding carboxylic acids is 2. The molecule has 4 aromatic rings. The fraction of sp³-hybridized carbons (Fsp3) is 0.520. The maximum absolute atomic E-state index is 11.8. The zero-order valence-electron chi connectivity index (χ0n) is 41.1. The molecule has 0 unspecified atom stereocenters. The van der Waals surface area contributed by atoms with E-state index < -0.39 is 19.7 Å². The van der Waals surface area contributed by atoms with Gasteiger partial charge in [0.05, 0.1) is 55.7 Å². The summed E-state index contributed by atoms with van der Waals surface area (Å²) >= 11 is 0. The number of nitrogens with one attached hydrogen (secondary N) is 5. The van der Waals surface area contributed by atoms with Crippen LogP contribution < -0.4 is 36.4 Å². The second kappa shape index (κ2) is 27.3. The zero-order valence-corrected chi connectivity index (χ0v) is 42.7. The first-order chi connectivity index (χ1) is 33.4. The van der Waals surface area contributed by atoms with Gasteiger partial charge in [0.25, 0.3) is 0 Å². The SMILES string of the molecule is C.C.C=CS(C)(=O)=O.CCNC(=O)Nc1ccc(-c2nc3c(c(N4CCOC[C@@H]4C)n2)CCN(CCS(C)(=O)=O)C3)cc1.CCNC(=O)Nc1ccc(-c2nc3c(c(N4CCOC[C@@H]4C)n2)CCNC3)cc1. The van der Waals surface area contributed by atoms with Crippen LogP contribution in [-0.4, -0.2) is 156 Å². The first kappa shape index (κ1) is 58.8. The summed E-state index contributed by atoms with van der Waals surface area (Å²) in [5.41, 5.74) is 7.59. The Bertz CT molecular complexity index is 2650. The van der Waals surface area contributed by atoms with Gasteiger partial charge in [0.2, 0.25) is 0 Å². The molecule has 22 heteroatoms. The van der Waals surface area contributed by atoms with Crippen molar-refractivity contribution in [2.45, 2.75) is 80.6 Å². The van der Waals surface area contributed by atoms with E-state index in [2.05, 4.69) is 61.7 Å². The van der Waals surface area contributed by atoms with Gasteiger partial charge < -0.3 is 45.9 Å². The number of urea groups is 2. The second-order valence-corrected chi connectivity index (χ2v) is 21.8. The van der Waals surface area contributed by atoms with Crippen molar-refractivity contribution in [3.8, 4) is 22.8 Å². The first-order valence-corrected chi connectivity index (χ1v) is 27.7. The molecule has 2 saturated heterocycles. The van der Waals surface area contributed by atoms with Gasteiger partial charge in [0.1, 0.15) is 21.5 Å². The van der Waals surface area contributed by atoms with Gasteiger partial charge in [-0.2, -0.15) is 0 Å². The van der Waals surface area contributed by atoms with Crippen molar-refractivity contribution in [2.24, 2.45) is 0 Å². The quantitative estimate of drug-likeness (QED) is 0.117. The predicted octanol–water partition coefficient (Wildman–Crippen LogP) is 5.52. The van der Waals surface area contributed by atoms with Gasteiger partial charge >= 0.3 is 12.1 Å². The molecule has 0 saturated carbocycles. The Morgan fingerprint density at radius 1 is 0.722 bits per heavy atom. The Morgan fingerprint density at radius 2 is 1.18 bits per heavy atom. The summed E-state index contributed by atoms with van der Waals surface area (Å²) < 4.78 is 54.4. The average Bonchev–Trinajstić information content (AvgIpc) is 3.33. The lowest BCUT2D eigenvalue weighted by Gasteiger charge is -2.37. The molecule has 396 valence electrons. The van der Waals surface area contributed by atoms with Crippen molar-refractivity contribution in [2.75, 3.05) is 111 Å². The molecule has 2 aromatic heterocycles. The largest absolute Gasteiger partial charge is 0.377 e. The smallest absolute Gasteiger partial charge is 0.319 e. The number of hydrogen-bond donors (Lipinski definition) is 5. The van der Waals surface area contributed by atoms with E-state index >= 15 is 0 Å². The van der Waals surface area contributed by atoms with Crippen LogP contribution >= 0.6 is 0 Å². The van der Waals surface area contributed by atoms with Crippen LogP contribution in [0.5, 0.6) is 0 Å². The second-order valence-electron chi connectivity index (χ2n) is 17.5. The van der Waals surface area contributed by atoms with Crippen LogP contribution in [0.2, 0.25) is 0 Å². The molecule has 4 amide bonds. The number of aromatic nitrogens is 4. The van der Waals surface area contributed by atoms with E-state index in [0.29, 0.717) is 63.3 Å². The average molecular weight is 1040 g/mol. The van der Waals surface area contributed by atoms with Gasteiger partial charge in [-0.25, -0.2) is 46.4 Å². The third-order valence-electron chi connectivity index (χ3n) is 11.9. The van der Waals surface area contributed by atoms with Crippen LogP contribution in [-0.2, 0) is 55.1 Å². The Morgan fingerprint density at radius 3 is 1.61 bits per heavy atom. The fourth-order valence-corrected chi connectivity index (χ4v) is 8.77. The Balaban J connectivity index is 0.000000277. The van der Waals surface area contributed by atoms with Crippen molar-refractivity contribution < 1.29 is 35.9 Å². The maximum atomic E-state index is 11.8. The molecular formula is C50H76N12O8S2. The zero-order chi connectivity index (χ0) is 50.4. The molecule has 4 aliphatic rings. The van der Waals surface area contributed by atoms with E-state index in [1.54, 1.807) is 0 Å². The normalized spacial score (nSPS) is 17.6. The highest BCUT2D eigenvalue weighted by atomic mass is 32.2. The number of sulfone groups is 2. The molecule has 0 spiro atoms. The van der Waals surface area contributed by atoms with Crippen LogP contribution in [0, 0.1) is 0 Å². The molecule has 0 aliphatic carbocycles. The summed E-state index contributed by atoms with van der Waals surface area (Å²) in [5, 5.41) is 15.4. The fourth-order valence-electron chi connectivity index (χ4n) is 8.18. The van der Waals surface area contributed by atoms with Crippen molar-refractivity contribution in [1.29, 1.82) is 0 Å². The Labute approximate surface area is 427 Å². The molecule has 6 heterocycles. The highest BCUT2D eigenvalue weighted by Crippen LogP contribution is 2.33. The first-order valence-electron chi connectivity index (χ1n) is 23.7. The van der Waals surface area contributed by atoms with Gasteiger partial charge in [-0.1, -0.05) is 21.4 Å². The summed E-state index contributed by atoms with van der Waals surface area (Å²) in [7, 11) is -5.93. The molecule has 8 rings (SSSR count). The summed E-state index contributed by atoms with van der Waals surface area (Å²) in [4.78, 5) is 50.1. The monoisotopic (exact) mass is 1040 g/mol. The highest BCUT2D eigenvalue weighted by molar-refractivity contribution is 7.93. The number of carbonyl (C=O) groups is 2. The molecule has 72 heavy (non-hydrogen) atoms. The number of ether oxygens (including phenoxy) is 2. The van der Waals surface area contributed by atoms with Gasteiger partial charge in [-0.3, -0.25) is 4.90 Å². The van der Waals surface area contributed by atoms with E-state index in [1.165, 1.54) is 11.8 Å². The predicted molar refractivity (Wildman–Crippen MR) is 288 cm³/mol. The Kier molecular flexibility index (Phi) is 22.3. The maximum Gasteiger partial charge on any atom is 0.319 e. The lowest BCUT2D eigenvalue weighted by Crippen LogP contribution is -2.45. The van der Waals surface area contributed by atoms with Gasteiger partial charge in [0.15, 0.2) is 21.5 Å². The standard InChI is InChI=1S/C24H34N6O4S.C21H28N6O2.C3H6O2S.2CH4/c1-4-25-24(31)26-19-7-5-18(6-8-19)22-27-21-15-29(12-14-35(3,32)33)10-9-20(21)23(28-22)30-11-13-34-16-17(30)2;1-3-23-21(28)24-16-6-4-15(5-7-16)19-25-18-12-22-9-8-17(18)20(26-19)27-10-11-29-13-14(27)2;1-3-6(2,4)5;;/h5-8,17H,4,9-16H2,1-3H3,(H2,25,26,31);4-7,14,22H,3,8-13H2,1-2H3,(H2,23,24,28);3H,1H2,2H3;2*1H4/t17-;14-;;;/m00.../s1. The Hall–Kier alpha value is -5.78. The van der Waals surface area contributed by atoms with Crippen molar-refractivity contribution >= 4 is 54.7 Å². The topological polar surface area (TPSA) is 242 Å². The van der Waals surface area contributed by atoms with E-state index in [4.69, 9.17) is 29.4 Å². The van der Waals surface area contributed by atoms with E-state index in [-0.39, 0.29) is 44.8 Å². The van der Waals surface area contributed by atoms with Crippen molar-refractivity contribution in [3.05, 3.63) is 83.0 Å². The van der Waals surface area contributed by atoms with Crippen LogP contribution in [0.25, 0.3) is 22.8 Å². The molecule has 2 aromatic carbocycles. The number of anilines is 4. The molecule has 5 N–H and O–H groups in total. The number of benzene rings is 2. The number of morpholine rings is 2. The van der Waals surface area contributed by atoms with Gasteiger partial charge in [-0.15, -0.1) is 0 Å². The lowest BCUT2D eigenvalue weighted by atomic mass is 10.0. The molecular weight excluding hydrogens is 961 g/mol. The number of amides is 4. The van der Waals surface area contributed by atoms with Gasteiger partial charge in [-0.05, 0) is 95.6 Å². The summed E-state index contributed by atoms with van der Waals surface area (Å²) in [6, 6.07) is 15.2. The van der Waals surface area contributed by atoms with Crippen LogP contribution in [0.1, 0.15) is 65.1 Å². The summed E-state index contributed by atoms with van der Waals surface area (Å²) in [6.07, 6.45) is 4.08. The third-order valence-corrected chi connectivity index (χ3v) is 13.4. The van der Waals surface area contributed by atoms with E-state index in [9.17, 15) is 26.4 Å². The van der Waals surface area contributed by atoms with E-state index in [1.807, 2.05) is 62.4 Å². The van der Waals surface area contributed by atoms with Crippen molar-refractivity contribution in [1.82, 2.24) is 40.8 Å². The summed E-state index contributed by atoms with van der Waals surface area (Å²) in [6.45, 7) is 20.1. The van der Waals surface area contributed by atoms with Crippen LogP contribution in [0.3, 0.4) is 0 Å². The number of nitrogens with zero attached hydrogens (tertiary/aromatic N) is 7. The molecule has 4 aliphatic heterocycles. The summed E-state index contributed by atoms with van der Waals surface area (Å²) in [5.74, 6) is 3.44. The number of fused-ring (bicyclic) bond motifs is 2. The van der Waals surface area contributed by atoms with Crippen LogP contribution in [0.4, 0.5) is 32.6 Å². The lowest BCUT2D eigenvalue weighted by molar-refractivity contribution is 0.0983. The molecule has 0 radical (unpaired) electrons. The minimum atomic E-state index is -3.03. The molecule has 20 nitrogen and oxygen atoms in total. The van der Waals surface area contributed by atoms with Gasteiger partial charge in [0, 0.05) is 104 Å². The molecule has 0 bridgehead atoms. The minimum absolute atomic E-state index is 0. The molecule has 2 atom stereocenters. The van der Waals surface area contributed by atoms with E-state index in [0.717, 1.165) is 109 Å². The third kappa shape index (κ3) is 16.9.